The lowest BCUT2D eigenvalue weighted by Crippen LogP contribution is -2.03. The average Bonchev–Trinajstić information content (AvgIpc) is 2.19. The summed E-state index contributed by atoms with van der Waals surface area (Å²) in [6, 6.07) is 2.23. The van der Waals surface area contributed by atoms with Crippen LogP contribution in [0.25, 0.3) is 0 Å². The van der Waals surface area contributed by atoms with E-state index < -0.39 is 0 Å². The highest BCUT2D eigenvalue weighted by Crippen LogP contribution is 2.26. The van der Waals surface area contributed by atoms with Crippen molar-refractivity contribution >= 4 is 11.9 Å². The Kier molecular flexibility index (Phi) is 3.10. The first-order chi connectivity index (χ1) is 6.49. The van der Waals surface area contributed by atoms with E-state index in [0.717, 1.165) is 0 Å². The Hall–Kier alpha value is -1.11. The molecule has 0 unspecified atom stereocenters. The zero-order valence-corrected chi connectivity index (χ0v) is 10.0. The summed E-state index contributed by atoms with van der Waals surface area (Å²) in [5, 5.41) is 0. The van der Waals surface area contributed by atoms with Crippen LogP contribution in [0.15, 0.2) is 6.07 Å². The Morgan fingerprint density at radius 2 is 1.57 bits per heavy atom. The molecule has 0 saturated carbocycles. The number of rotatable bonds is 1. The Morgan fingerprint density at radius 1 is 1.00 bits per heavy atom. The monoisotopic (exact) mass is 189 g/mol. The number of hydrogen-bond acceptors (Lipinski definition) is 0. The molecule has 0 bridgehead atoms. The third-order valence-corrected chi connectivity index (χ3v) is 3.15. The second-order valence-corrected chi connectivity index (χ2v) is 3.87. The Labute approximate surface area is 87.1 Å². The van der Waals surface area contributed by atoms with E-state index >= 15 is 0 Å². The largest absolute Gasteiger partial charge is 0.367 e. The van der Waals surface area contributed by atoms with Gasteiger partial charge in [-0.3, -0.25) is 0 Å². The zero-order valence-electron chi connectivity index (χ0n) is 10.0. The van der Waals surface area contributed by atoms with Gasteiger partial charge in [0.25, 0.3) is 0 Å². The fourth-order valence-electron chi connectivity index (χ4n) is 1.66. The first-order valence-electron chi connectivity index (χ1n) is 4.97. The van der Waals surface area contributed by atoms with E-state index in [0.29, 0.717) is 0 Å². The van der Waals surface area contributed by atoms with Gasteiger partial charge in [-0.05, 0) is 26.3 Å². The summed E-state index contributed by atoms with van der Waals surface area (Å²) in [7, 11) is 2.04. The molecule has 0 saturated heterocycles. The van der Waals surface area contributed by atoms with E-state index in [1.165, 1.54) is 27.9 Å². The summed E-state index contributed by atoms with van der Waals surface area (Å²) in [5.41, 5.74) is 6.75. The topological polar surface area (TPSA) is 3.01 Å². The fraction of sp³-hybridized carbons (Fsp3) is 0.462. The van der Waals surface area contributed by atoms with Crippen molar-refractivity contribution in [1.82, 2.24) is 0 Å². The van der Waals surface area contributed by atoms with Gasteiger partial charge in [0.05, 0.1) is 5.69 Å². The van der Waals surface area contributed by atoms with Gasteiger partial charge in [0.1, 0.15) is 7.05 Å². The fourth-order valence-corrected chi connectivity index (χ4v) is 1.66. The number of nitrogens with zero attached hydrogens (tertiary/aromatic N) is 1. The molecule has 0 radical (unpaired) electrons. The van der Waals surface area contributed by atoms with E-state index in [2.05, 4.69) is 44.6 Å². The van der Waals surface area contributed by atoms with E-state index in [-0.39, 0.29) is 0 Å². The lowest BCUT2D eigenvalue weighted by Gasteiger charge is -2.17. The van der Waals surface area contributed by atoms with Crippen molar-refractivity contribution in [2.45, 2.75) is 34.6 Å². The van der Waals surface area contributed by atoms with Crippen LogP contribution in [0.3, 0.4) is 0 Å². The van der Waals surface area contributed by atoms with Crippen LogP contribution >= 0.6 is 0 Å². The molecule has 1 heteroatoms. The summed E-state index contributed by atoms with van der Waals surface area (Å²) in [4.78, 5) is 0. The number of hydrogen-bond donors (Lipinski definition) is 0. The highest BCUT2D eigenvalue weighted by Gasteiger charge is 2.05. The molecule has 1 rings (SSSR count). The van der Waals surface area contributed by atoms with Gasteiger partial charge in [-0.15, -0.1) is 0 Å². The summed E-state index contributed by atoms with van der Waals surface area (Å²) in [5.74, 6) is 0. The van der Waals surface area contributed by atoms with Gasteiger partial charge in [-0.1, -0.05) is 36.6 Å². The Morgan fingerprint density at radius 3 is 2.07 bits per heavy atom. The highest BCUT2D eigenvalue weighted by atomic mass is 15.0. The molecule has 0 N–H and O–H groups in total. The molecule has 1 aromatic rings. The van der Waals surface area contributed by atoms with Gasteiger partial charge in [0.15, 0.2) is 0 Å². The maximum atomic E-state index is 3.13. The molecule has 1 aromatic carbocycles. The molecule has 0 aromatic heterocycles. The van der Waals surface area contributed by atoms with Gasteiger partial charge in [-0.25, -0.2) is 0 Å². The molecular weight excluding hydrogens is 170 g/mol. The van der Waals surface area contributed by atoms with E-state index in [9.17, 15) is 0 Å². The van der Waals surface area contributed by atoms with Gasteiger partial charge in [-0.2, -0.15) is 0 Å². The second kappa shape index (κ2) is 3.95. The minimum atomic E-state index is 1.26. The first kappa shape index (κ1) is 11.0. The van der Waals surface area contributed by atoms with Crippen LogP contribution < -0.4 is 0 Å². The SMILES string of the molecule is C[C-]=[N+](C)c1cc(C)c(C)c(C)c1C. The molecule has 0 amide bonds. The molecule has 0 aliphatic heterocycles. The molecule has 0 atom stereocenters. The van der Waals surface area contributed by atoms with Crippen molar-refractivity contribution in [3.63, 3.8) is 0 Å². The van der Waals surface area contributed by atoms with Crippen molar-refractivity contribution < 1.29 is 4.58 Å². The first-order valence-corrected chi connectivity index (χ1v) is 4.97. The van der Waals surface area contributed by atoms with Crippen LogP contribution in [0, 0.1) is 27.7 Å². The smallest absolute Gasteiger partial charge is 0.105 e. The lowest BCUT2D eigenvalue weighted by atomic mass is 9.98. The van der Waals surface area contributed by atoms with Gasteiger partial charge in [0.2, 0.25) is 0 Å². The molecule has 1 nitrogen and oxygen atoms in total. The zero-order chi connectivity index (χ0) is 10.9. The van der Waals surface area contributed by atoms with Crippen molar-refractivity contribution in [3.8, 4) is 0 Å². The van der Waals surface area contributed by atoms with Crippen molar-refractivity contribution in [2.24, 2.45) is 0 Å². The molecule has 0 fully saturated rings. The molecular formula is C13H19N. The standard InChI is InChI=1S/C13H19N/c1-7-14(6)13-8-9(2)10(3)11(4)12(13)5/h8H,1-6H3. The Bertz CT molecular complexity index is 387. The number of aryl methyl sites for hydroxylation is 1. The highest BCUT2D eigenvalue weighted by molar-refractivity contribution is 5.56. The quantitative estimate of drug-likeness (QED) is 0.363. The molecule has 76 valence electrons. The minimum absolute atomic E-state index is 1.26. The lowest BCUT2D eigenvalue weighted by molar-refractivity contribution is -0.400. The van der Waals surface area contributed by atoms with Gasteiger partial charge in [0, 0.05) is 6.21 Å². The summed E-state index contributed by atoms with van der Waals surface area (Å²) >= 11 is 0. The van der Waals surface area contributed by atoms with Crippen LogP contribution in [0.1, 0.15) is 29.2 Å². The van der Waals surface area contributed by atoms with Crippen molar-refractivity contribution in [1.29, 1.82) is 0 Å². The van der Waals surface area contributed by atoms with Crippen LogP contribution in [0.4, 0.5) is 5.69 Å². The van der Waals surface area contributed by atoms with E-state index in [1.807, 2.05) is 14.0 Å². The van der Waals surface area contributed by atoms with E-state index in [1.54, 1.807) is 0 Å². The van der Waals surface area contributed by atoms with Crippen molar-refractivity contribution in [2.75, 3.05) is 7.05 Å². The van der Waals surface area contributed by atoms with E-state index in [4.69, 9.17) is 0 Å². The Balaban J connectivity index is 3.48. The average molecular weight is 189 g/mol. The van der Waals surface area contributed by atoms with Gasteiger partial charge >= 0.3 is 0 Å². The summed E-state index contributed by atoms with van der Waals surface area (Å²) in [6.45, 7) is 10.6. The normalized spacial score (nSPS) is 12.0. The second-order valence-electron chi connectivity index (χ2n) is 3.87. The van der Waals surface area contributed by atoms with Crippen LogP contribution in [0.2, 0.25) is 0 Å². The molecule has 0 aliphatic carbocycles. The summed E-state index contributed by atoms with van der Waals surface area (Å²) in [6.07, 6.45) is 3.13. The summed E-state index contributed by atoms with van der Waals surface area (Å²) < 4.78 is 2.05. The number of benzene rings is 1. The predicted molar refractivity (Wildman–Crippen MR) is 61.9 cm³/mol. The molecule has 0 aliphatic rings. The van der Waals surface area contributed by atoms with Gasteiger partial charge < -0.3 is 4.58 Å². The maximum absolute atomic E-state index is 3.13. The maximum Gasteiger partial charge on any atom is 0.105 e. The predicted octanol–water partition coefficient (Wildman–Crippen LogP) is 3.16. The van der Waals surface area contributed by atoms with Crippen LogP contribution in [0.5, 0.6) is 0 Å². The minimum Gasteiger partial charge on any atom is -0.367 e. The van der Waals surface area contributed by atoms with Crippen LogP contribution in [-0.2, 0) is 0 Å². The third-order valence-electron chi connectivity index (χ3n) is 3.15. The molecule has 14 heavy (non-hydrogen) atoms. The van der Waals surface area contributed by atoms with Crippen LogP contribution in [-0.4, -0.2) is 17.8 Å². The molecule has 0 spiro atoms. The van der Waals surface area contributed by atoms with Crippen molar-refractivity contribution in [3.05, 3.63) is 28.3 Å². The third kappa shape index (κ3) is 1.72. The molecule has 0 heterocycles.